The summed E-state index contributed by atoms with van der Waals surface area (Å²) in [6.07, 6.45) is 3.74. The molecule has 1 N–H and O–H groups in total. The van der Waals surface area contributed by atoms with Gasteiger partial charge in [-0.15, -0.1) is 6.58 Å². The van der Waals surface area contributed by atoms with E-state index < -0.39 is 0 Å². The number of nitrogens with zero attached hydrogens (tertiary/aromatic N) is 1. The summed E-state index contributed by atoms with van der Waals surface area (Å²) in [7, 11) is 2.02. The summed E-state index contributed by atoms with van der Waals surface area (Å²) < 4.78 is 7.98. The van der Waals surface area contributed by atoms with Gasteiger partial charge < -0.3 is 14.6 Å². The number of rotatable bonds is 4. The highest BCUT2D eigenvalue weighted by atomic mass is 16.5. The number of carbonyl (C=O) groups is 1. The zero-order valence-electron chi connectivity index (χ0n) is 15.3. The smallest absolute Gasteiger partial charge is 0.286 e. The van der Waals surface area contributed by atoms with Crippen molar-refractivity contribution < 1.29 is 9.53 Å². The molecule has 0 saturated carbocycles. The standard InChI is InChI=1S/C23H22N2O2/c1-3-17-15-27-21(23(26)24-14-16-9-5-4-6-10-16)13-20-22(17)18-11-7-8-12-19(18)25(20)2/h3-13,17H,1,14-15H2,2H3,(H,24,26). The number of nitrogens with one attached hydrogen (secondary N) is 1. The summed E-state index contributed by atoms with van der Waals surface area (Å²) in [6, 6.07) is 18.1. The van der Waals surface area contributed by atoms with Crippen molar-refractivity contribution in [3.05, 3.63) is 89.8 Å². The third-order valence-electron chi connectivity index (χ3n) is 5.05. The Labute approximate surface area is 158 Å². The number of aromatic nitrogens is 1. The molecule has 0 spiro atoms. The Morgan fingerprint density at radius 1 is 1.22 bits per heavy atom. The maximum absolute atomic E-state index is 12.7. The molecule has 1 atom stereocenters. The van der Waals surface area contributed by atoms with Gasteiger partial charge in [0.2, 0.25) is 0 Å². The molecule has 0 radical (unpaired) electrons. The fourth-order valence-electron chi connectivity index (χ4n) is 3.62. The van der Waals surface area contributed by atoms with Gasteiger partial charge in [-0.2, -0.15) is 0 Å². The van der Waals surface area contributed by atoms with Gasteiger partial charge in [-0.1, -0.05) is 54.6 Å². The first-order chi connectivity index (χ1) is 13.2. The summed E-state index contributed by atoms with van der Waals surface area (Å²) in [4.78, 5) is 12.7. The van der Waals surface area contributed by atoms with Crippen LogP contribution in [0.4, 0.5) is 0 Å². The lowest BCUT2D eigenvalue weighted by atomic mass is 9.97. The quantitative estimate of drug-likeness (QED) is 0.713. The zero-order valence-corrected chi connectivity index (χ0v) is 15.3. The van der Waals surface area contributed by atoms with Crippen LogP contribution in [-0.4, -0.2) is 17.1 Å². The van der Waals surface area contributed by atoms with E-state index in [9.17, 15) is 4.79 Å². The molecule has 2 heterocycles. The van der Waals surface area contributed by atoms with Crippen molar-refractivity contribution in [1.82, 2.24) is 9.88 Å². The SMILES string of the molecule is C=CC1COC(C(=O)NCc2ccccc2)=Cc2c1c1ccccc1n2C. The molecule has 1 aliphatic heterocycles. The van der Waals surface area contributed by atoms with Crippen molar-refractivity contribution in [3.8, 4) is 0 Å². The Hall–Kier alpha value is -3.27. The molecule has 4 nitrogen and oxygen atoms in total. The minimum Gasteiger partial charge on any atom is -0.487 e. The molecule has 1 unspecified atom stereocenters. The van der Waals surface area contributed by atoms with Crippen molar-refractivity contribution in [2.75, 3.05) is 6.61 Å². The molecule has 4 heteroatoms. The second-order valence-electron chi connectivity index (χ2n) is 6.71. The molecule has 136 valence electrons. The van der Waals surface area contributed by atoms with E-state index in [2.05, 4.69) is 28.6 Å². The van der Waals surface area contributed by atoms with Crippen LogP contribution in [0.25, 0.3) is 17.0 Å². The number of benzene rings is 2. The molecule has 0 saturated heterocycles. The van der Waals surface area contributed by atoms with Gasteiger partial charge in [-0.05, 0) is 17.2 Å². The average Bonchev–Trinajstić information content (AvgIpc) is 2.87. The Morgan fingerprint density at radius 2 is 1.96 bits per heavy atom. The largest absolute Gasteiger partial charge is 0.487 e. The van der Waals surface area contributed by atoms with Gasteiger partial charge >= 0.3 is 0 Å². The van der Waals surface area contributed by atoms with E-state index in [-0.39, 0.29) is 11.8 Å². The van der Waals surface area contributed by atoms with Crippen LogP contribution in [0.1, 0.15) is 22.7 Å². The Kier molecular flexibility index (Phi) is 4.55. The Balaban J connectivity index is 1.69. The molecule has 1 aromatic heterocycles. The fraction of sp³-hybridized carbons (Fsp3) is 0.174. The number of aryl methyl sites for hydroxylation is 1. The molecule has 4 rings (SSSR count). The highest BCUT2D eigenvalue weighted by Gasteiger charge is 2.26. The van der Waals surface area contributed by atoms with Crippen LogP contribution in [0.2, 0.25) is 0 Å². The zero-order chi connectivity index (χ0) is 18.8. The second-order valence-corrected chi connectivity index (χ2v) is 6.71. The predicted molar refractivity (Wildman–Crippen MR) is 108 cm³/mol. The van der Waals surface area contributed by atoms with Gasteiger partial charge in [0.25, 0.3) is 5.91 Å². The number of ether oxygens (including phenoxy) is 1. The van der Waals surface area contributed by atoms with Crippen molar-refractivity contribution >= 4 is 22.9 Å². The molecule has 0 bridgehead atoms. The summed E-state index contributed by atoms with van der Waals surface area (Å²) in [5.41, 5.74) is 4.34. The minimum atomic E-state index is -0.209. The normalized spacial score (nSPS) is 16.0. The lowest BCUT2D eigenvalue weighted by molar-refractivity contribution is -0.120. The van der Waals surface area contributed by atoms with Crippen LogP contribution < -0.4 is 5.32 Å². The van der Waals surface area contributed by atoms with Crippen molar-refractivity contribution in [1.29, 1.82) is 0 Å². The fourth-order valence-corrected chi connectivity index (χ4v) is 3.62. The van der Waals surface area contributed by atoms with Crippen molar-refractivity contribution in [2.45, 2.75) is 12.5 Å². The summed E-state index contributed by atoms with van der Waals surface area (Å²) in [5, 5.41) is 4.12. The molecule has 1 aliphatic rings. The van der Waals surface area contributed by atoms with Crippen molar-refractivity contribution in [2.24, 2.45) is 7.05 Å². The highest BCUT2D eigenvalue weighted by Crippen LogP contribution is 2.36. The summed E-state index contributed by atoms with van der Waals surface area (Å²) in [6.45, 7) is 4.84. The topological polar surface area (TPSA) is 43.3 Å². The molecule has 0 aliphatic carbocycles. The number of amides is 1. The van der Waals surface area contributed by atoms with E-state index in [1.54, 1.807) is 0 Å². The molecule has 1 amide bonds. The van der Waals surface area contributed by atoms with Crippen LogP contribution in [-0.2, 0) is 23.1 Å². The number of carbonyl (C=O) groups excluding carboxylic acids is 1. The third-order valence-corrected chi connectivity index (χ3v) is 5.05. The third kappa shape index (κ3) is 3.14. The summed E-state index contributed by atoms with van der Waals surface area (Å²) in [5.74, 6) is 0.156. The van der Waals surface area contributed by atoms with Crippen LogP contribution in [0.5, 0.6) is 0 Å². The minimum absolute atomic E-state index is 0.0294. The van der Waals surface area contributed by atoms with Gasteiger partial charge in [0.1, 0.15) is 0 Å². The Morgan fingerprint density at radius 3 is 2.74 bits per heavy atom. The molecule has 3 aromatic rings. The lowest BCUT2D eigenvalue weighted by Gasteiger charge is -2.13. The Bertz CT molecular complexity index is 1030. The van der Waals surface area contributed by atoms with E-state index in [0.29, 0.717) is 18.9 Å². The molecular formula is C23H22N2O2. The first-order valence-corrected chi connectivity index (χ1v) is 9.05. The monoisotopic (exact) mass is 358 g/mol. The molecule has 27 heavy (non-hydrogen) atoms. The van der Waals surface area contributed by atoms with E-state index in [0.717, 1.165) is 22.3 Å². The van der Waals surface area contributed by atoms with E-state index in [1.807, 2.05) is 61.7 Å². The van der Waals surface area contributed by atoms with Gasteiger partial charge in [0.15, 0.2) is 5.76 Å². The maximum atomic E-state index is 12.7. The van der Waals surface area contributed by atoms with Crippen LogP contribution in [0.15, 0.2) is 73.0 Å². The van der Waals surface area contributed by atoms with E-state index in [4.69, 9.17) is 4.74 Å². The van der Waals surface area contributed by atoms with Gasteiger partial charge in [-0.25, -0.2) is 0 Å². The van der Waals surface area contributed by atoms with Crippen LogP contribution in [0, 0.1) is 0 Å². The molecule has 0 fully saturated rings. The first kappa shape index (κ1) is 17.2. The number of fused-ring (bicyclic) bond motifs is 3. The number of hydrogen-bond acceptors (Lipinski definition) is 2. The second kappa shape index (κ2) is 7.16. The first-order valence-electron chi connectivity index (χ1n) is 9.05. The summed E-state index contributed by atoms with van der Waals surface area (Å²) >= 11 is 0. The van der Waals surface area contributed by atoms with Gasteiger partial charge in [0, 0.05) is 42.2 Å². The number of hydrogen-bond donors (Lipinski definition) is 1. The predicted octanol–water partition coefficient (Wildman–Crippen LogP) is 4.14. The maximum Gasteiger partial charge on any atom is 0.286 e. The molecular weight excluding hydrogens is 336 g/mol. The van der Waals surface area contributed by atoms with Gasteiger partial charge in [-0.3, -0.25) is 4.79 Å². The van der Waals surface area contributed by atoms with Gasteiger partial charge in [0.05, 0.1) is 6.61 Å². The van der Waals surface area contributed by atoms with Crippen LogP contribution >= 0.6 is 0 Å². The van der Waals surface area contributed by atoms with E-state index in [1.165, 1.54) is 5.39 Å². The number of para-hydroxylation sites is 1. The lowest BCUT2D eigenvalue weighted by Crippen LogP contribution is -2.25. The van der Waals surface area contributed by atoms with Crippen LogP contribution in [0.3, 0.4) is 0 Å². The molecule has 2 aromatic carbocycles. The highest BCUT2D eigenvalue weighted by molar-refractivity contribution is 5.98. The van der Waals surface area contributed by atoms with E-state index >= 15 is 0 Å². The average molecular weight is 358 g/mol. The van der Waals surface area contributed by atoms with Crippen molar-refractivity contribution in [3.63, 3.8) is 0 Å².